The number of piperazine rings is 1. The van der Waals surface area contributed by atoms with Crippen LogP contribution in [-0.2, 0) is 4.74 Å². The van der Waals surface area contributed by atoms with Gasteiger partial charge in [-0.15, -0.1) is 0 Å². The molecule has 0 amide bonds. The number of hydrogen-bond acceptors (Lipinski definition) is 3. The fourth-order valence-corrected chi connectivity index (χ4v) is 3.00. The minimum atomic E-state index is 0.770. The van der Waals surface area contributed by atoms with Crippen LogP contribution in [0.15, 0.2) is 23.2 Å². The third-order valence-electron chi connectivity index (χ3n) is 4.11. The van der Waals surface area contributed by atoms with Crippen LogP contribution in [-0.4, -0.2) is 64.3 Å². The number of guanidine groups is 1. The number of nitrogens with one attached hydrogen (secondary N) is 1. The zero-order chi connectivity index (χ0) is 16.7. The van der Waals surface area contributed by atoms with Gasteiger partial charge in [-0.05, 0) is 31.0 Å². The van der Waals surface area contributed by atoms with Crippen molar-refractivity contribution in [2.75, 3.05) is 58.4 Å². The topological polar surface area (TPSA) is 40.1 Å². The monoisotopic (exact) mass is 338 g/mol. The van der Waals surface area contributed by atoms with Crippen LogP contribution < -0.4 is 10.2 Å². The van der Waals surface area contributed by atoms with Gasteiger partial charge in [0.25, 0.3) is 0 Å². The highest BCUT2D eigenvalue weighted by molar-refractivity contribution is 6.30. The van der Waals surface area contributed by atoms with Gasteiger partial charge in [0.15, 0.2) is 5.96 Å². The maximum atomic E-state index is 6.14. The first-order valence-corrected chi connectivity index (χ1v) is 8.49. The molecule has 1 aliphatic rings. The van der Waals surface area contributed by atoms with Crippen molar-refractivity contribution in [3.8, 4) is 0 Å². The number of rotatable bonds is 5. The Hall–Kier alpha value is -1.46. The second-order valence-corrected chi connectivity index (χ2v) is 6.16. The quantitative estimate of drug-likeness (QED) is 0.508. The van der Waals surface area contributed by atoms with Gasteiger partial charge < -0.3 is 19.9 Å². The van der Waals surface area contributed by atoms with Crippen molar-refractivity contribution in [3.63, 3.8) is 0 Å². The summed E-state index contributed by atoms with van der Waals surface area (Å²) < 4.78 is 5.08. The average molecular weight is 339 g/mol. The number of aliphatic imine (C=N–C) groups is 1. The Balaban J connectivity index is 1.88. The van der Waals surface area contributed by atoms with E-state index in [0.717, 1.165) is 56.7 Å². The molecule has 6 heteroatoms. The minimum Gasteiger partial charge on any atom is -0.385 e. The number of aryl methyl sites for hydroxylation is 1. The lowest BCUT2D eigenvalue weighted by Crippen LogP contribution is -2.52. The van der Waals surface area contributed by atoms with E-state index in [1.165, 1.54) is 11.3 Å². The van der Waals surface area contributed by atoms with Gasteiger partial charge in [-0.1, -0.05) is 17.7 Å². The maximum Gasteiger partial charge on any atom is 0.193 e. The summed E-state index contributed by atoms with van der Waals surface area (Å²) in [5.74, 6) is 0.976. The van der Waals surface area contributed by atoms with Gasteiger partial charge in [0, 0.05) is 64.2 Å². The maximum absolute atomic E-state index is 6.14. The van der Waals surface area contributed by atoms with E-state index in [1.807, 2.05) is 13.1 Å². The number of methoxy groups -OCH3 is 1. The van der Waals surface area contributed by atoms with Crippen molar-refractivity contribution >= 4 is 23.2 Å². The molecule has 0 atom stereocenters. The molecule has 0 radical (unpaired) electrons. The van der Waals surface area contributed by atoms with Crippen molar-refractivity contribution in [1.82, 2.24) is 10.2 Å². The predicted octanol–water partition coefficient (Wildman–Crippen LogP) is 2.38. The highest BCUT2D eigenvalue weighted by atomic mass is 35.5. The molecule has 1 aromatic rings. The van der Waals surface area contributed by atoms with Crippen LogP contribution in [0.1, 0.15) is 12.0 Å². The molecule has 5 nitrogen and oxygen atoms in total. The Morgan fingerprint density at radius 1 is 1.30 bits per heavy atom. The largest absolute Gasteiger partial charge is 0.385 e. The first-order chi connectivity index (χ1) is 11.2. The molecule has 1 N–H and O–H groups in total. The number of nitrogens with zero attached hydrogens (tertiary/aromatic N) is 3. The van der Waals surface area contributed by atoms with Crippen molar-refractivity contribution in [2.45, 2.75) is 13.3 Å². The molecular formula is C17H27ClN4O. The third-order valence-corrected chi connectivity index (χ3v) is 4.35. The van der Waals surface area contributed by atoms with Gasteiger partial charge >= 0.3 is 0 Å². The summed E-state index contributed by atoms with van der Waals surface area (Å²) >= 11 is 6.14. The van der Waals surface area contributed by atoms with E-state index in [4.69, 9.17) is 16.3 Å². The molecule has 1 heterocycles. The van der Waals surface area contributed by atoms with E-state index in [1.54, 1.807) is 7.11 Å². The molecule has 2 rings (SSSR count). The van der Waals surface area contributed by atoms with Crippen LogP contribution >= 0.6 is 11.6 Å². The SMILES string of the molecule is CN=C(NCCCOC)N1CCN(c2cc(Cl)ccc2C)CC1. The second kappa shape index (κ2) is 8.99. The van der Waals surface area contributed by atoms with Gasteiger partial charge in [-0.2, -0.15) is 0 Å². The standard InChI is InChI=1S/C17H27ClN4O/c1-14-5-6-15(18)13-16(14)21-8-10-22(11-9-21)17(19-2)20-7-4-12-23-3/h5-6,13H,4,7-12H2,1-3H3,(H,19,20). The number of anilines is 1. The van der Waals surface area contributed by atoms with Gasteiger partial charge in [0.2, 0.25) is 0 Å². The summed E-state index contributed by atoms with van der Waals surface area (Å²) in [6, 6.07) is 6.09. The lowest BCUT2D eigenvalue weighted by Gasteiger charge is -2.38. The van der Waals surface area contributed by atoms with E-state index < -0.39 is 0 Å². The normalized spacial score (nSPS) is 15.9. The number of halogens is 1. The van der Waals surface area contributed by atoms with Crippen LogP contribution in [0.25, 0.3) is 0 Å². The van der Waals surface area contributed by atoms with Crippen molar-refractivity contribution in [2.24, 2.45) is 4.99 Å². The summed E-state index contributed by atoms with van der Waals surface area (Å²) in [7, 11) is 3.57. The van der Waals surface area contributed by atoms with E-state index in [0.29, 0.717) is 0 Å². The molecule has 1 fully saturated rings. The summed E-state index contributed by atoms with van der Waals surface area (Å²) in [5.41, 5.74) is 2.50. The first-order valence-electron chi connectivity index (χ1n) is 8.11. The molecule has 0 aliphatic carbocycles. The zero-order valence-electron chi connectivity index (χ0n) is 14.3. The Morgan fingerprint density at radius 2 is 2.04 bits per heavy atom. The highest BCUT2D eigenvalue weighted by Crippen LogP contribution is 2.25. The molecule has 0 unspecified atom stereocenters. The summed E-state index contributed by atoms with van der Waals surface area (Å²) in [6.07, 6.45) is 0.983. The van der Waals surface area contributed by atoms with Gasteiger partial charge in [-0.3, -0.25) is 4.99 Å². The predicted molar refractivity (Wildman–Crippen MR) is 97.8 cm³/mol. The van der Waals surface area contributed by atoms with Gasteiger partial charge in [-0.25, -0.2) is 0 Å². The molecular weight excluding hydrogens is 312 g/mol. The number of benzene rings is 1. The molecule has 0 bridgehead atoms. The molecule has 1 aliphatic heterocycles. The Morgan fingerprint density at radius 3 is 2.70 bits per heavy atom. The van der Waals surface area contributed by atoms with Crippen LogP contribution in [0.2, 0.25) is 5.02 Å². The van der Waals surface area contributed by atoms with Crippen molar-refractivity contribution < 1.29 is 4.74 Å². The summed E-state index contributed by atoms with van der Waals surface area (Å²) in [6.45, 7) is 7.64. The fraction of sp³-hybridized carbons (Fsp3) is 0.588. The van der Waals surface area contributed by atoms with Crippen LogP contribution in [0.3, 0.4) is 0 Å². The molecule has 1 saturated heterocycles. The van der Waals surface area contributed by atoms with Crippen LogP contribution in [0, 0.1) is 6.92 Å². The van der Waals surface area contributed by atoms with Gasteiger partial charge in [0.05, 0.1) is 0 Å². The first kappa shape index (κ1) is 17.9. The molecule has 0 saturated carbocycles. The number of hydrogen-bond donors (Lipinski definition) is 1. The van der Waals surface area contributed by atoms with E-state index >= 15 is 0 Å². The fourth-order valence-electron chi connectivity index (χ4n) is 2.83. The lowest BCUT2D eigenvalue weighted by molar-refractivity contribution is 0.195. The molecule has 0 aromatic heterocycles. The molecule has 23 heavy (non-hydrogen) atoms. The molecule has 128 valence electrons. The number of ether oxygens (including phenoxy) is 1. The Labute approximate surface area is 144 Å². The third kappa shape index (κ3) is 5.01. The van der Waals surface area contributed by atoms with Gasteiger partial charge in [0.1, 0.15) is 0 Å². The lowest BCUT2D eigenvalue weighted by atomic mass is 10.1. The molecule has 1 aromatic carbocycles. The van der Waals surface area contributed by atoms with E-state index in [9.17, 15) is 0 Å². The summed E-state index contributed by atoms with van der Waals surface area (Å²) in [5, 5.41) is 4.20. The van der Waals surface area contributed by atoms with E-state index in [2.05, 4.69) is 39.2 Å². The zero-order valence-corrected chi connectivity index (χ0v) is 15.1. The second-order valence-electron chi connectivity index (χ2n) is 5.73. The highest BCUT2D eigenvalue weighted by Gasteiger charge is 2.20. The Bertz CT molecular complexity index is 527. The van der Waals surface area contributed by atoms with Crippen LogP contribution in [0.4, 0.5) is 5.69 Å². The smallest absolute Gasteiger partial charge is 0.193 e. The van der Waals surface area contributed by atoms with Crippen LogP contribution in [0.5, 0.6) is 0 Å². The van der Waals surface area contributed by atoms with E-state index in [-0.39, 0.29) is 0 Å². The average Bonchev–Trinajstić information content (AvgIpc) is 2.57. The molecule has 0 spiro atoms. The Kier molecular flexibility index (Phi) is 6.99. The minimum absolute atomic E-state index is 0.770. The summed E-state index contributed by atoms with van der Waals surface area (Å²) in [4.78, 5) is 9.10. The van der Waals surface area contributed by atoms with Crippen molar-refractivity contribution in [3.05, 3.63) is 28.8 Å². The van der Waals surface area contributed by atoms with Crippen molar-refractivity contribution in [1.29, 1.82) is 0 Å².